The van der Waals surface area contributed by atoms with Gasteiger partial charge in [0, 0.05) is 18.7 Å². The van der Waals surface area contributed by atoms with E-state index >= 15 is 0 Å². The second-order valence-corrected chi connectivity index (χ2v) is 16.9. The molecular weight excluding hydrogens is 439 g/mol. The highest BCUT2D eigenvalue weighted by Gasteiger charge is 2.49. The van der Waals surface area contributed by atoms with Gasteiger partial charge in [0.05, 0.1) is 21.3 Å². The van der Waals surface area contributed by atoms with Crippen molar-refractivity contribution in [3.63, 3.8) is 0 Å². The summed E-state index contributed by atoms with van der Waals surface area (Å²) in [6.07, 6.45) is 3.49. The van der Waals surface area contributed by atoms with E-state index in [-0.39, 0.29) is 5.91 Å². The highest BCUT2D eigenvalue weighted by Crippen LogP contribution is 2.57. The molecule has 0 saturated heterocycles. The molecule has 0 fully saturated rings. The van der Waals surface area contributed by atoms with Crippen molar-refractivity contribution < 1.29 is 18.4 Å². The highest BCUT2D eigenvalue weighted by atomic mass is 31.2. The normalized spacial score (nSPS) is 13.8. The summed E-state index contributed by atoms with van der Waals surface area (Å²) >= 11 is 0. The maximum Gasteiger partial charge on any atom is 0.338 e. The van der Waals surface area contributed by atoms with Crippen LogP contribution in [-0.4, -0.2) is 56.3 Å². The van der Waals surface area contributed by atoms with Gasteiger partial charge in [-0.3, -0.25) is 9.36 Å². The van der Waals surface area contributed by atoms with Crippen LogP contribution < -0.4 is 0 Å². The van der Waals surface area contributed by atoms with E-state index in [4.69, 9.17) is 9.05 Å². The molecule has 1 rings (SSSR count). The van der Waals surface area contributed by atoms with Crippen LogP contribution in [0.25, 0.3) is 0 Å². The van der Waals surface area contributed by atoms with Crippen LogP contribution in [0.4, 0.5) is 0 Å². The summed E-state index contributed by atoms with van der Waals surface area (Å²) in [5.74, 6) is 0.212. The summed E-state index contributed by atoms with van der Waals surface area (Å²) in [5, 5.41) is -0.531. The largest absolute Gasteiger partial charge is 0.360 e. The Balaban J connectivity index is 3.59. The summed E-state index contributed by atoms with van der Waals surface area (Å²) in [6, 6.07) is 9.02. The lowest BCUT2D eigenvalue weighted by Crippen LogP contribution is -2.52. The van der Waals surface area contributed by atoms with E-state index in [2.05, 4.69) is 38.5 Å². The topological polar surface area (TPSA) is 68.2 Å². The molecule has 8 heteroatoms. The van der Waals surface area contributed by atoms with Crippen LogP contribution in [-0.2, 0) is 13.6 Å². The van der Waals surface area contributed by atoms with Crippen molar-refractivity contribution in [3.05, 3.63) is 35.9 Å². The number of hydrogen-bond acceptors (Lipinski definition) is 4. The van der Waals surface area contributed by atoms with Gasteiger partial charge in [0.25, 0.3) is 5.91 Å². The van der Waals surface area contributed by atoms with Gasteiger partial charge in [0.2, 0.25) is 0 Å². The Bertz CT molecular complexity index is 747. The molecule has 0 heterocycles. The molecule has 182 valence electrons. The molecule has 0 aliphatic rings. The predicted molar refractivity (Wildman–Crippen MR) is 138 cm³/mol. The molecule has 0 N–H and O–H groups in total. The third-order valence-electron chi connectivity index (χ3n) is 5.24. The summed E-state index contributed by atoms with van der Waals surface area (Å²) in [5.41, 5.74) is 0.514. The van der Waals surface area contributed by atoms with Crippen LogP contribution >= 0.6 is 7.60 Å². The average Bonchev–Trinajstić information content (AvgIpc) is 2.74. The molecule has 0 radical (unpaired) electrons. The van der Waals surface area contributed by atoms with Gasteiger partial charge in [-0.2, -0.15) is 4.99 Å². The standard InChI is InChI=1S/C24H43N2O4PSi/c1-8-12-19-29-31(28,30-20-13-9-2)24(32(5,6)7)22(26(10-3)11-4)25-23(27)21-17-15-14-16-18-21/h14-18,24H,8-13,19-20H2,1-7H3. The molecule has 0 aliphatic heterocycles. The van der Waals surface area contributed by atoms with E-state index < -0.39 is 21.0 Å². The minimum absolute atomic E-state index is 0.329. The molecule has 1 amide bonds. The number of aliphatic imine (C=N–C) groups is 1. The first-order valence-electron chi connectivity index (χ1n) is 12.0. The quantitative estimate of drug-likeness (QED) is 0.0977. The van der Waals surface area contributed by atoms with Gasteiger partial charge in [-0.05, 0) is 38.8 Å². The number of carbonyl (C=O) groups excluding carboxylic acids is 1. The van der Waals surface area contributed by atoms with Gasteiger partial charge in [-0.15, -0.1) is 0 Å². The van der Waals surface area contributed by atoms with Crippen LogP contribution in [0.2, 0.25) is 19.6 Å². The van der Waals surface area contributed by atoms with Gasteiger partial charge in [0.15, 0.2) is 0 Å². The van der Waals surface area contributed by atoms with Crippen molar-refractivity contribution in [1.82, 2.24) is 4.90 Å². The molecule has 1 aromatic rings. The number of hydrogen-bond donors (Lipinski definition) is 0. The first-order valence-corrected chi connectivity index (χ1v) is 17.1. The van der Waals surface area contributed by atoms with Gasteiger partial charge >= 0.3 is 7.60 Å². The second-order valence-electron chi connectivity index (χ2n) is 9.00. The monoisotopic (exact) mass is 482 g/mol. The number of benzene rings is 1. The van der Waals surface area contributed by atoms with Crippen molar-refractivity contribution in [2.24, 2.45) is 4.99 Å². The molecule has 6 nitrogen and oxygen atoms in total. The highest BCUT2D eigenvalue weighted by molar-refractivity contribution is 7.59. The van der Waals surface area contributed by atoms with Crippen molar-refractivity contribution in [3.8, 4) is 0 Å². The lowest BCUT2D eigenvalue weighted by Gasteiger charge is -2.39. The smallest absolute Gasteiger partial charge is 0.338 e. The van der Waals surface area contributed by atoms with Crippen LogP contribution in [0.1, 0.15) is 63.7 Å². The first kappa shape index (κ1) is 28.8. The fraction of sp³-hybridized carbons (Fsp3) is 0.667. The molecule has 0 saturated carbocycles. The summed E-state index contributed by atoms with van der Waals surface area (Å²) in [7, 11) is -5.76. The van der Waals surface area contributed by atoms with E-state index in [1.807, 2.05) is 36.9 Å². The van der Waals surface area contributed by atoms with Gasteiger partial charge < -0.3 is 13.9 Å². The van der Waals surface area contributed by atoms with E-state index in [0.29, 0.717) is 37.7 Å². The van der Waals surface area contributed by atoms with Crippen molar-refractivity contribution in [1.29, 1.82) is 0 Å². The number of nitrogens with zero attached hydrogens (tertiary/aromatic N) is 2. The van der Waals surface area contributed by atoms with E-state index in [1.165, 1.54) is 0 Å². The fourth-order valence-corrected chi connectivity index (χ4v) is 10.4. The molecular formula is C24H43N2O4PSi. The Kier molecular flexibility index (Phi) is 12.7. The third-order valence-corrected chi connectivity index (χ3v) is 12.4. The Morgan fingerprint density at radius 1 is 0.969 bits per heavy atom. The molecule has 1 atom stereocenters. The van der Waals surface area contributed by atoms with Crippen LogP contribution in [0.3, 0.4) is 0 Å². The van der Waals surface area contributed by atoms with Gasteiger partial charge in [0.1, 0.15) is 11.1 Å². The van der Waals surface area contributed by atoms with E-state index in [1.54, 1.807) is 12.1 Å². The van der Waals surface area contributed by atoms with Crippen molar-refractivity contribution in [2.45, 2.75) is 78.3 Å². The zero-order valence-electron chi connectivity index (χ0n) is 21.1. The van der Waals surface area contributed by atoms with Crippen LogP contribution in [0.15, 0.2) is 35.3 Å². The molecule has 0 spiro atoms. The fourth-order valence-electron chi connectivity index (χ4n) is 3.46. The Morgan fingerprint density at radius 2 is 1.47 bits per heavy atom. The molecule has 1 aromatic carbocycles. The molecule has 1 unspecified atom stereocenters. The average molecular weight is 483 g/mol. The molecule has 0 aromatic heterocycles. The number of amides is 1. The Morgan fingerprint density at radius 3 is 1.88 bits per heavy atom. The van der Waals surface area contributed by atoms with Crippen molar-refractivity contribution >= 4 is 27.4 Å². The van der Waals surface area contributed by atoms with Gasteiger partial charge in [-0.25, -0.2) is 0 Å². The summed E-state index contributed by atoms with van der Waals surface area (Å²) < 4.78 is 26.5. The minimum Gasteiger partial charge on any atom is -0.360 e. The zero-order chi connectivity index (χ0) is 24.2. The zero-order valence-corrected chi connectivity index (χ0v) is 23.0. The SMILES string of the molecule is CCCCOP(=O)(OCCCC)C(C(=NC(=O)c1ccccc1)N(CC)CC)[Si](C)(C)C. The number of carbonyl (C=O) groups is 1. The Labute approximate surface area is 196 Å². The lowest BCUT2D eigenvalue weighted by atomic mass is 10.2. The van der Waals surface area contributed by atoms with Crippen LogP contribution in [0, 0.1) is 0 Å². The first-order chi connectivity index (χ1) is 15.1. The molecule has 0 bridgehead atoms. The predicted octanol–water partition coefficient (Wildman–Crippen LogP) is 6.64. The summed E-state index contributed by atoms with van der Waals surface area (Å²) in [6.45, 7) is 16.7. The number of amidine groups is 1. The van der Waals surface area contributed by atoms with Crippen molar-refractivity contribution in [2.75, 3.05) is 26.3 Å². The maximum absolute atomic E-state index is 14.4. The Hall–Kier alpha value is -1.27. The number of rotatable bonds is 14. The van der Waals surface area contributed by atoms with E-state index in [9.17, 15) is 9.36 Å². The van der Waals surface area contributed by atoms with Gasteiger partial charge in [-0.1, -0.05) is 64.5 Å². The maximum atomic E-state index is 14.4. The summed E-state index contributed by atoms with van der Waals surface area (Å²) in [4.78, 5) is 19.7. The van der Waals surface area contributed by atoms with E-state index in [0.717, 1.165) is 25.7 Å². The second kappa shape index (κ2) is 14.1. The van der Waals surface area contributed by atoms with Crippen LogP contribution in [0.5, 0.6) is 0 Å². The lowest BCUT2D eigenvalue weighted by molar-refractivity contribution is 0.100. The third kappa shape index (κ3) is 8.58. The molecule has 0 aliphatic carbocycles. The number of unbranched alkanes of at least 4 members (excludes halogenated alkanes) is 2. The molecule has 32 heavy (non-hydrogen) atoms. The minimum atomic E-state index is -3.56.